The molecule has 0 amide bonds. The minimum absolute atomic E-state index is 0.111. The van der Waals surface area contributed by atoms with Crippen molar-refractivity contribution in [3.8, 4) is 22.8 Å². The van der Waals surface area contributed by atoms with Crippen LogP contribution in [-0.4, -0.2) is 34.2 Å². The molecule has 0 spiro atoms. The molecule has 0 unspecified atom stereocenters. The molecule has 1 heterocycles. The Morgan fingerprint density at radius 2 is 1.57 bits per heavy atom. The normalized spacial score (nSPS) is 9.39. The van der Waals surface area contributed by atoms with Gasteiger partial charge in [-0.25, -0.2) is 5.11 Å². The predicted molar refractivity (Wildman–Crippen MR) is 110 cm³/mol. The number of rotatable bonds is 6. The zero-order valence-corrected chi connectivity index (χ0v) is 16.5. The smallest absolute Gasteiger partial charge is 0.167 e. The first-order valence-electron chi connectivity index (χ1n) is 9.32. The van der Waals surface area contributed by atoms with Crippen LogP contribution in [0.4, 0.5) is 0 Å². The van der Waals surface area contributed by atoms with Gasteiger partial charge in [-0.3, -0.25) is 0 Å². The average molecular weight is 382 g/mol. The van der Waals surface area contributed by atoms with E-state index in [1.54, 1.807) is 37.6 Å². The van der Waals surface area contributed by atoms with E-state index in [2.05, 4.69) is 22.3 Å². The van der Waals surface area contributed by atoms with Gasteiger partial charge in [0.2, 0.25) is 0 Å². The lowest BCUT2D eigenvalue weighted by atomic mass is 10.1. The SMILES string of the molecule is CCCCCC[O].COc1cnnnc1-c1ccccc1.Oc1ccccc1. The number of benzene rings is 2. The molecule has 0 aliphatic carbocycles. The van der Waals surface area contributed by atoms with Crippen LogP contribution in [-0.2, 0) is 5.11 Å². The first-order valence-corrected chi connectivity index (χ1v) is 9.32. The molecule has 1 radical (unpaired) electrons. The monoisotopic (exact) mass is 382 g/mol. The van der Waals surface area contributed by atoms with Gasteiger partial charge in [-0.15, -0.1) is 10.2 Å². The Hall–Kier alpha value is -2.99. The average Bonchev–Trinajstić information content (AvgIpc) is 2.76. The van der Waals surface area contributed by atoms with Gasteiger partial charge in [0, 0.05) is 5.56 Å². The molecule has 2 aromatic carbocycles. The number of unbranched alkanes of at least 4 members (excludes halogenated alkanes) is 3. The molecule has 0 aliphatic rings. The molecular formula is C22H28N3O3. The van der Waals surface area contributed by atoms with E-state index in [4.69, 9.17) is 9.84 Å². The van der Waals surface area contributed by atoms with Gasteiger partial charge >= 0.3 is 0 Å². The fourth-order valence-electron chi connectivity index (χ4n) is 2.16. The summed E-state index contributed by atoms with van der Waals surface area (Å²) in [5.41, 5.74) is 1.68. The summed E-state index contributed by atoms with van der Waals surface area (Å²) in [7, 11) is 1.59. The van der Waals surface area contributed by atoms with Crippen molar-refractivity contribution in [2.75, 3.05) is 13.7 Å². The Bertz CT molecular complexity index is 736. The molecule has 1 aromatic heterocycles. The van der Waals surface area contributed by atoms with Gasteiger partial charge in [0.05, 0.1) is 19.9 Å². The number of para-hydroxylation sites is 1. The Morgan fingerprint density at radius 1 is 0.929 bits per heavy atom. The number of aromatic hydroxyl groups is 1. The summed E-state index contributed by atoms with van der Waals surface area (Å²) >= 11 is 0. The highest BCUT2D eigenvalue weighted by Crippen LogP contribution is 2.24. The van der Waals surface area contributed by atoms with Crippen molar-refractivity contribution in [1.29, 1.82) is 0 Å². The van der Waals surface area contributed by atoms with Crippen LogP contribution in [0.25, 0.3) is 11.3 Å². The van der Waals surface area contributed by atoms with Crippen molar-refractivity contribution in [2.45, 2.75) is 32.6 Å². The number of hydrogen-bond donors (Lipinski definition) is 1. The van der Waals surface area contributed by atoms with Crippen LogP contribution < -0.4 is 4.74 Å². The largest absolute Gasteiger partial charge is 0.508 e. The topological polar surface area (TPSA) is 88.0 Å². The van der Waals surface area contributed by atoms with Crippen molar-refractivity contribution in [3.05, 3.63) is 66.9 Å². The maximum absolute atomic E-state index is 9.80. The van der Waals surface area contributed by atoms with E-state index in [0.717, 1.165) is 18.4 Å². The minimum Gasteiger partial charge on any atom is -0.508 e. The van der Waals surface area contributed by atoms with E-state index in [9.17, 15) is 5.11 Å². The molecule has 6 heteroatoms. The summed E-state index contributed by atoms with van der Waals surface area (Å²) in [4.78, 5) is 0. The van der Waals surface area contributed by atoms with Crippen molar-refractivity contribution in [3.63, 3.8) is 0 Å². The van der Waals surface area contributed by atoms with Gasteiger partial charge in [-0.1, -0.05) is 74.7 Å². The molecule has 1 N–H and O–H groups in total. The number of phenolic OH excluding ortho intramolecular Hbond substituents is 1. The quantitative estimate of drug-likeness (QED) is 0.610. The van der Waals surface area contributed by atoms with E-state index in [-0.39, 0.29) is 6.61 Å². The molecule has 6 nitrogen and oxygen atoms in total. The molecule has 3 rings (SSSR count). The molecule has 0 saturated carbocycles. The minimum atomic E-state index is 0.111. The molecule has 0 aliphatic heterocycles. The van der Waals surface area contributed by atoms with E-state index in [1.807, 2.05) is 36.4 Å². The number of aromatic nitrogens is 3. The second kappa shape index (κ2) is 15.1. The Labute approximate surface area is 166 Å². The van der Waals surface area contributed by atoms with E-state index >= 15 is 0 Å². The summed E-state index contributed by atoms with van der Waals surface area (Å²) in [6.45, 7) is 2.25. The van der Waals surface area contributed by atoms with E-state index in [0.29, 0.717) is 17.2 Å². The van der Waals surface area contributed by atoms with Crippen molar-refractivity contribution in [2.24, 2.45) is 0 Å². The summed E-state index contributed by atoms with van der Waals surface area (Å²) < 4.78 is 5.13. The van der Waals surface area contributed by atoms with Crippen molar-refractivity contribution >= 4 is 0 Å². The molecule has 0 bridgehead atoms. The third-order valence-corrected chi connectivity index (χ3v) is 3.63. The number of methoxy groups -OCH3 is 1. The van der Waals surface area contributed by atoms with Crippen LogP contribution in [0.5, 0.6) is 11.5 Å². The van der Waals surface area contributed by atoms with Crippen LogP contribution in [0.15, 0.2) is 66.9 Å². The second-order valence-electron chi connectivity index (χ2n) is 5.82. The van der Waals surface area contributed by atoms with Gasteiger partial charge in [0.15, 0.2) is 5.75 Å². The fraction of sp³-hybridized carbons (Fsp3) is 0.318. The highest BCUT2D eigenvalue weighted by Gasteiger charge is 2.06. The van der Waals surface area contributed by atoms with Crippen LogP contribution >= 0.6 is 0 Å². The van der Waals surface area contributed by atoms with Gasteiger partial charge in [-0.05, 0) is 23.8 Å². The van der Waals surface area contributed by atoms with E-state index < -0.39 is 0 Å². The standard InChI is InChI=1S/C10H9N3O.C6H6O.C6H13O/c1-14-9-7-11-13-12-10(9)8-5-3-2-4-6-8;7-6-4-2-1-3-5-6;1-2-3-4-5-6-7/h2-7H,1H3;1-5,7H;2-6H2,1H3. The Morgan fingerprint density at radius 3 is 2.07 bits per heavy atom. The highest BCUT2D eigenvalue weighted by atomic mass is 16.5. The predicted octanol–water partition coefficient (Wildman–Crippen LogP) is 4.94. The number of phenols is 1. The van der Waals surface area contributed by atoms with Gasteiger partial charge in [0.25, 0.3) is 0 Å². The Balaban J connectivity index is 0.000000237. The zero-order chi connectivity index (χ0) is 20.5. The Kier molecular flexibility index (Phi) is 12.4. The van der Waals surface area contributed by atoms with Gasteiger partial charge in [-0.2, -0.15) is 0 Å². The summed E-state index contributed by atoms with van der Waals surface area (Å²) in [6.07, 6.45) is 5.99. The van der Waals surface area contributed by atoms with Crippen molar-refractivity contribution < 1.29 is 14.9 Å². The van der Waals surface area contributed by atoms with Crippen LogP contribution in [0.1, 0.15) is 32.6 Å². The lowest BCUT2D eigenvalue weighted by molar-refractivity contribution is 0.186. The first kappa shape index (κ1) is 23.0. The summed E-state index contributed by atoms with van der Waals surface area (Å²) in [6, 6.07) is 18.4. The van der Waals surface area contributed by atoms with Gasteiger partial charge < -0.3 is 9.84 Å². The maximum atomic E-state index is 9.80. The summed E-state index contributed by atoms with van der Waals surface area (Å²) in [5, 5.41) is 29.6. The van der Waals surface area contributed by atoms with Gasteiger partial charge in [0.1, 0.15) is 11.4 Å². The second-order valence-corrected chi connectivity index (χ2v) is 5.82. The third-order valence-electron chi connectivity index (χ3n) is 3.63. The van der Waals surface area contributed by atoms with Crippen molar-refractivity contribution in [1.82, 2.24) is 15.4 Å². The first-order chi connectivity index (χ1) is 13.7. The number of ether oxygens (including phenoxy) is 1. The molecule has 149 valence electrons. The lowest BCUT2D eigenvalue weighted by Gasteiger charge is -2.04. The third kappa shape index (κ3) is 9.64. The maximum Gasteiger partial charge on any atom is 0.167 e. The molecule has 0 fully saturated rings. The number of nitrogens with zero attached hydrogens (tertiary/aromatic N) is 3. The van der Waals surface area contributed by atoms with E-state index in [1.165, 1.54) is 12.8 Å². The molecule has 0 atom stereocenters. The molecule has 0 saturated heterocycles. The van der Waals surface area contributed by atoms with Crippen LogP contribution in [0.2, 0.25) is 0 Å². The summed E-state index contributed by atoms with van der Waals surface area (Å²) in [5.74, 6) is 0.953. The zero-order valence-electron chi connectivity index (χ0n) is 16.5. The number of hydrogen-bond acceptors (Lipinski definition) is 5. The fourth-order valence-corrected chi connectivity index (χ4v) is 2.16. The molecule has 28 heavy (non-hydrogen) atoms. The molecule has 3 aromatic rings. The molecular weight excluding hydrogens is 354 g/mol. The highest BCUT2D eigenvalue weighted by molar-refractivity contribution is 5.64. The van der Waals surface area contributed by atoms with Crippen LogP contribution in [0.3, 0.4) is 0 Å². The van der Waals surface area contributed by atoms with Crippen LogP contribution in [0, 0.1) is 0 Å². The lowest BCUT2D eigenvalue weighted by Crippen LogP contribution is -1.95.